The summed E-state index contributed by atoms with van der Waals surface area (Å²) in [6, 6.07) is 15.3. The number of carboxylic acid groups (broad SMARTS) is 1. The summed E-state index contributed by atoms with van der Waals surface area (Å²) >= 11 is 1.53. The highest BCUT2D eigenvalue weighted by atomic mass is 32.2. The fourth-order valence-electron chi connectivity index (χ4n) is 4.28. The van der Waals surface area contributed by atoms with Gasteiger partial charge in [0.15, 0.2) is 0 Å². The molecule has 0 spiro atoms. The van der Waals surface area contributed by atoms with Crippen LogP contribution in [0.25, 0.3) is 11.1 Å². The summed E-state index contributed by atoms with van der Waals surface area (Å²) in [5.74, 6) is -1.14. The predicted octanol–water partition coefficient (Wildman–Crippen LogP) is 4.22. The van der Waals surface area contributed by atoms with Crippen molar-refractivity contribution < 1.29 is 24.2 Å². The molecular weight excluding hydrogens is 452 g/mol. The Kier molecular flexibility index (Phi) is 8.98. The first kappa shape index (κ1) is 25.6. The molecule has 2 aromatic rings. The van der Waals surface area contributed by atoms with Crippen LogP contribution in [0, 0.1) is 5.92 Å². The number of carbonyl (C=O) groups is 3. The molecule has 8 heteroatoms. The van der Waals surface area contributed by atoms with Crippen molar-refractivity contribution in [2.75, 3.05) is 31.7 Å². The summed E-state index contributed by atoms with van der Waals surface area (Å²) in [6.45, 7) is 3.82. The lowest BCUT2D eigenvalue weighted by Crippen LogP contribution is -2.53. The molecule has 34 heavy (non-hydrogen) atoms. The van der Waals surface area contributed by atoms with Gasteiger partial charge in [0.2, 0.25) is 5.91 Å². The normalized spacial score (nSPS) is 14.0. The van der Waals surface area contributed by atoms with Crippen LogP contribution in [0.3, 0.4) is 0 Å². The van der Waals surface area contributed by atoms with Gasteiger partial charge in [-0.1, -0.05) is 68.8 Å². The molecule has 2 unspecified atom stereocenters. The second kappa shape index (κ2) is 11.9. The maximum Gasteiger partial charge on any atom is 0.407 e. The fraction of sp³-hybridized carbons (Fsp3) is 0.423. The summed E-state index contributed by atoms with van der Waals surface area (Å²) in [6.07, 6.45) is 1.86. The average Bonchev–Trinajstić information content (AvgIpc) is 3.16. The maximum atomic E-state index is 13.2. The molecule has 1 aliphatic rings. The Bertz CT molecular complexity index is 982. The third-order valence-electron chi connectivity index (χ3n) is 6.30. The van der Waals surface area contributed by atoms with Crippen molar-refractivity contribution in [2.24, 2.45) is 5.92 Å². The molecule has 0 aliphatic heterocycles. The number of ether oxygens (including phenoxy) is 1. The van der Waals surface area contributed by atoms with E-state index in [1.165, 1.54) is 16.7 Å². The SMILES string of the molecule is CCC(C)C(NC(=O)OCC1c2ccccc2-c2ccccc21)C(=O)N(CCSC)CC(=O)O. The molecule has 0 aromatic heterocycles. The molecule has 0 heterocycles. The molecule has 182 valence electrons. The van der Waals surface area contributed by atoms with Crippen LogP contribution >= 0.6 is 11.8 Å². The number of hydrogen-bond acceptors (Lipinski definition) is 5. The molecule has 7 nitrogen and oxygen atoms in total. The third kappa shape index (κ3) is 5.91. The van der Waals surface area contributed by atoms with Crippen LogP contribution < -0.4 is 5.32 Å². The molecule has 0 saturated heterocycles. The Labute approximate surface area is 204 Å². The maximum absolute atomic E-state index is 13.2. The molecule has 1 aliphatic carbocycles. The Morgan fingerprint density at radius 3 is 2.21 bits per heavy atom. The topological polar surface area (TPSA) is 95.9 Å². The Balaban J connectivity index is 1.71. The quantitative estimate of drug-likeness (QED) is 0.496. The van der Waals surface area contributed by atoms with Crippen molar-refractivity contribution in [3.05, 3.63) is 59.7 Å². The largest absolute Gasteiger partial charge is 0.480 e. The number of nitrogens with zero attached hydrogens (tertiary/aromatic N) is 1. The van der Waals surface area contributed by atoms with Crippen molar-refractivity contribution in [3.8, 4) is 11.1 Å². The molecular formula is C26H32N2O5S. The molecule has 2 N–H and O–H groups in total. The highest BCUT2D eigenvalue weighted by Gasteiger charge is 2.33. The summed E-state index contributed by atoms with van der Waals surface area (Å²) in [5, 5.41) is 12.0. The van der Waals surface area contributed by atoms with Gasteiger partial charge in [-0.25, -0.2) is 4.79 Å². The monoisotopic (exact) mass is 484 g/mol. The van der Waals surface area contributed by atoms with Crippen LogP contribution in [0.5, 0.6) is 0 Å². The van der Waals surface area contributed by atoms with E-state index in [1.807, 2.05) is 56.5 Å². The van der Waals surface area contributed by atoms with E-state index in [-0.39, 0.29) is 18.4 Å². The van der Waals surface area contributed by atoms with E-state index >= 15 is 0 Å². The van der Waals surface area contributed by atoms with Gasteiger partial charge in [0, 0.05) is 18.2 Å². The van der Waals surface area contributed by atoms with Crippen molar-refractivity contribution in [2.45, 2.75) is 32.2 Å². The Morgan fingerprint density at radius 2 is 1.68 bits per heavy atom. The standard InChI is InChI=1S/C26H32N2O5S/c1-4-17(2)24(25(31)28(13-14-34-3)15-23(29)30)27-26(32)33-16-22-20-11-7-5-9-18(20)19-10-6-8-12-21(19)22/h5-12,17,22,24H,4,13-16H2,1-3H3,(H,27,32)(H,29,30). The van der Waals surface area contributed by atoms with E-state index in [0.29, 0.717) is 18.7 Å². The fourth-order valence-corrected chi connectivity index (χ4v) is 4.68. The van der Waals surface area contributed by atoms with Gasteiger partial charge in [-0.05, 0) is 34.4 Å². The molecule has 2 aromatic carbocycles. The summed E-state index contributed by atoms with van der Waals surface area (Å²) in [5.41, 5.74) is 4.49. The molecule has 0 bridgehead atoms. The van der Waals surface area contributed by atoms with Crippen LogP contribution in [0.2, 0.25) is 0 Å². The number of aliphatic carboxylic acids is 1. The second-order valence-electron chi connectivity index (χ2n) is 8.48. The number of hydrogen-bond donors (Lipinski definition) is 2. The van der Waals surface area contributed by atoms with E-state index in [2.05, 4.69) is 17.4 Å². The van der Waals surface area contributed by atoms with Crippen molar-refractivity contribution in [3.63, 3.8) is 0 Å². The van der Waals surface area contributed by atoms with Gasteiger partial charge >= 0.3 is 12.1 Å². The van der Waals surface area contributed by atoms with E-state index in [0.717, 1.165) is 22.3 Å². The molecule has 2 amide bonds. The summed E-state index contributed by atoms with van der Waals surface area (Å²) in [7, 11) is 0. The van der Waals surface area contributed by atoms with E-state index in [1.54, 1.807) is 0 Å². The highest BCUT2D eigenvalue weighted by Crippen LogP contribution is 2.44. The van der Waals surface area contributed by atoms with Crippen molar-refractivity contribution >= 4 is 29.7 Å². The number of benzene rings is 2. The zero-order valence-corrected chi connectivity index (χ0v) is 20.6. The number of rotatable bonds is 11. The molecule has 2 atom stereocenters. The first-order chi connectivity index (χ1) is 16.4. The average molecular weight is 485 g/mol. The number of carbonyl (C=O) groups excluding carboxylic acids is 2. The van der Waals surface area contributed by atoms with Crippen molar-refractivity contribution in [1.29, 1.82) is 0 Å². The van der Waals surface area contributed by atoms with Gasteiger partial charge < -0.3 is 20.1 Å². The van der Waals surface area contributed by atoms with Crippen LogP contribution in [0.1, 0.15) is 37.3 Å². The van der Waals surface area contributed by atoms with Crippen molar-refractivity contribution in [1.82, 2.24) is 10.2 Å². The first-order valence-corrected chi connectivity index (χ1v) is 12.9. The molecule has 0 radical (unpaired) electrons. The number of fused-ring (bicyclic) bond motifs is 3. The molecule has 3 rings (SSSR count). The zero-order valence-electron chi connectivity index (χ0n) is 19.8. The van der Waals surface area contributed by atoms with E-state index in [9.17, 15) is 19.5 Å². The van der Waals surface area contributed by atoms with Gasteiger partial charge in [0.05, 0.1) is 0 Å². The first-order valence-electron chi connectivity index (χ1n) is 11.5. The van der Waals surface area contributed by atoms with Gasteiger partial charge in [-0.2, -0.15) is 11.8 Å². The smallest absolute Gasteiger partial charge is 0.407 e. The zero-order chi connectivity index (χ0) is 24.7. The van der Waals surface area contributed by atoms with Crippen LogP contribution in [0.4, 0.5) is 4.79 Å². The van der Waals surface area contributed by atoms with Gasteiger partial charge in [0.25, 0.3) is 0 Å². The Hall–Kier alpha value is -3.00. The number of amides is 2. The number of thioether (sulfide) groups is 1. The minimum Gasteiger partial charge on any atom is -0.480 e. The summed E-state index contributed by atoms with van der Waals surface area (Å²) in [4.78, 5) is 38.6. The van der Waals surface area contributed by atoms with Crippen LogP contribution in [0.15, 0.2) is 48.5 Å². The predicted molar refractivity (Wildman–Crippen MR) is 134 cm³/mol. The third-order valence-corrected chi connectivity index (χ3v) is 6.89. The minimum absolute atomic E-state index is 0.0824. The van der Waals surface area contributed by atoms with Gasteiger partial charge in [0.1, 0.15) is 19.2 Å². The van der Waals surface area contributed by atoms with E-state index in [4.69, 9.17) is 4.74 Å². The van der Waals surface area contributed by atoms with E-state index < -0.39 is 30.6 Å². The van der Waals surface area contributed by atoms with Gasteiger partial charge in [-0.3, -0.25) is 9.59 Å². The molecule has 0 saturated carbocycles. The number of alkyl carbamates (subject to hydrolysis) is 1. The van der Waals surface area contributed by atoms with Gasteiger partial charge in [-0.15, -0.1) is 0 Å². The minimum atomic E-state index is -1.08. The number of carboxylic acids is 1. The van der Waals surface area contributed by atoms with Crippen LogP contribution in [-0.4, -0.2) is 65.7 Å². The summed E-state index contributed by atoms with van der Waals surface area (Å²) < 4.78 is 5.62. The lowest BCUT2D eigenvalue weighted by atomic mass is 9.97. The lowest BCUT2D eigenvalue weighted by molar-refractivity contribution is -0.145. The molecule has 0 fully saturated rings. The second-order valence-corrected chi connectivity index (χ2v) is 9.47. The van der Waals surface area contributed by atoms with Crippen LogP contribution in [-0.2, 0) is 14.3 Å². The highest BCUT2D eigenvalue weighted by molar-refractivity contribution is 7.98. The number of nitrogens with one attached hydrogen (secondary N) is 1. The Morgan fingerprint density at radius 1 is 1.09 bits per heavy atom. The lowest BCUT2D eigenvalue weighted by Gasteiger charge is -2.29.